The van der Waals surface area contributed by atoms with Crippen LogP contribution >= 0.6 is 31.9 Å². The van der Waals surface area contributed by atoms with Crippen molar-refractivity contribution in [2.24, 2.45) is 10.8 Å². The monoisotopic (exact) mass is 565 g/mol. The van der Waals surface area contributed by atoms with Crippen molar-refractivity contribution < 1.29 is 14.5 Å². The van der Waals surface area contributed by atoms with Gasteiger partial charge in [0.2, 0.25) is 5.75 Å². The lowest BCUT2D eigenvalue weighted by Crippen LogP contribution is -2.23. The molecule has 3 aromatic rings. The van der Waals surface area contributed by atoms with Crippen LogP contribution in [0.2, 0.25) is 0 Å². The second-order valence-corrected chi connectivity index (χ2v) is 8.49. The van der Waals surface area contributed by atoms with Gasteiger partial charge in [-0.3, -0.25) is 19.7 Å². The average Bonchev–Trinajstić information content (AvgIpc) is 2.73. The summed E-state index contributed by atoms with van der Waals surface area (Å²) in [7, 11) is 0. The highest BCUT2D eigenvalue weighted by Crippen LogP contribution is 2.34. The average molecular weight is 567 g/mol. The number of hydrogen-bond acceptors (Lipinski definition) is 7. The van der Waals surface area contributed by atoms with Gasteiger partial charge in [0.05, 0.1) is 22.0 Å². The number of hydrogen-bond donors (Lipinski definition) is 1. The Morgan fingerprint density at radius 1 is 1.31 bits per heavy atom. The van der Waals surface area contributed by atoms with Gasteiger partial charge in [0.1, 0.15) is 5.82 Å². The summed E-state index contributed by atoms with van der Waals surface area (Å²) in [4.78, 5) is 39.7. The number of carbonyl (C=O) groups excluding carboxylic acids is 1. The highest BCUT2D eigenvalue weighted by Gasteiger charge is 2.21. The molecule has 3 rings (SSSR count). The van der Waals surface area contributed by atoms with Crippen LogP contribution in [0.15, 0.2) is 49.2 Å². The Hall–Kier alpha value is -3.12. The number of ether oxygens (including phenoxy) is 1. The van der Waals surface area contributed by atoms with Crippen molar-refractivity contribution in [3.8, 4) is 5.75 Å². The first-order valence-corrected chi connectivity index (χ1v) is 10.9. The van der Waals surface area contributed by atoms with Crippen LogP contribution in [0.3, 0.4) is 0 Å². The first-order valence-electron chi connectivity index (χ1n) is 9.35. The van der Waals surface area contributed by atoms with E-state index < -0.39 is 17.4 Å². The summed E-state index contributed by atoms with van der Waals surface area (Å²) in [5.41, 5.74) is 5.06. The number of nitrogens with two attached hydrogens (primary N) is 1. The molecule has 0 radical (unpaired) electrons. The Morgan fingerprint density at radius 3 is 2.72 bits per heavy atom. The molecule has 1 heterocycles. The summed E-state index contributed by atoms with van der Waals surface area (Å²) >= 11 is 6.56. The number of aryl methyl sites for hydroxylation is 1. The smallest absolute Gasteiger partial charge is 0.312 e. The first-order chi connectivity index (χ1) is 15.2. The van der Waals surface area contributed by atoms with E-state index in [1.54, 1.807) is 18.2 Å². The maximum atomic E-state index is 13.1. The van der Waals surface area contributed by atoms with Gasteiger partial charge in [0.25, 0.3) is 11.5 Å². The highest BCUT2D eigenvalue weighted by atomic mass is 79.9. The fourth-order valence-electron chi connectivity index (χ4n) is 2.95. The van der Waals surface area contributed by atoms with Gasteiger partial charge in [-0.2, -0.15) is 9.78 Å². The molecule has 2 N–H and O–H groups in total. The summed E-state index contributed by atoms with van der Waals surface area (Å²) < 4.78 is 7.55. The maximum absolute atomic E-state index is 13.1. The molecule has 10 nitrogen and oxygen atoms in total. The Balaban J connectivity index is 2.19. The molecule has 12 heteroatoms. The molecule has 0 saturated heterocycles. The van der Waals surface area contributed by atoms with Crippen molar-refractivity contribution in [3.05, 3.63) is 71.1 Å². The van der Waals surface area contributed by atoms with Gasteiger partial charge in [-0.1, -0.05) is 38.8 Å². The van der Waals surface area contributed by atoms with Gasteiger partial charge in [0.15, 0.2) is 6.61 Å². The van der Waals surface area contributed by atoms with Gasteiger partial charge in [0, 0.05) is 27.0 Å². The predicted molar refractivity (Wildman–Crippen MR) is 126 cm³/mol. The van der Waals surface area contributed by atoms with E-state index in [4.69, 9.17) is 10.5 Å². The quantitative estimate of drug-likeness (QED) is 0.251. The zero-order valence-electron chi connectivity index (χ0n) is 16.7. The van der Waals surface area contributed by atoms with E-state index in [-0.39, 0.29) is 22.6 Å². The molecule has 0 bridgehead atoms. The first kappa shape index (κ1) is 23.5. The fourth-order valence-corrected chi connectivity index (χ4v) is 3.78. The van der Waals surface area contributed by atoms with Crippen molar-refractivity contribution in [3.63, 3.8) is 0 Å². The number of nitro benzene ring substituents is 1. The number of nitro groups is 1. The van der Waals surface area contributed by atoms with Crippen molar-refractivity contribution in [1.29, 1.82) is 0 Å². The zero-order chi connectivity index (χ0) is 23.4. The standard InChI is InChI=1S/C20H17Br2N5O5/c1-2-3-18-25-15-5-4-12(21)7-14(15)20(29)26(18)24-9-11-6-13(22)8-16(27(30)31)19(11)32-10-17(23)28/h4-9H,2-3,10H2,1H3,(H2,23,28). The highest BCUT2D eigenvalue weighted by molar-refractivity contribution is 9.10. The molecule has 166 valence electrons. The van der Waals surface area contributed by atoms with E-state index in [1.165, 1.54) is 18.3 Å². The van der Waals surface area contributed by atoms with Crippen molar-refractivity contribution in [1.82, 2.24) is 9.66 Å². The van der Waals surface area contributed by atoms with Gasteiger partial charge < -0.3 is 10.5 Å². The minimum absolute atomic E-state index is 0.177. The molecule has 0 unspecified atom stereocenters. The van der Waals surface area contributed by atoms with Crippen LogP contribution in [0.5, 0.6) is 5.75 Å². The van der Waals surface area contributed by atoms with E-state index in [0.29, 0.717) is 32.1 Å². The minimum Gasteiger partial charge on any atom is -0.476 e. The minimum atomic E-state index is -0.795. The number of carbonyl (C=O) groups is 1. The molecule has 1 amide bonds. The van der Waals surface area contributed by atoms with Crippen LogP contribution in [-0.2, 0) is 11.2 Å². The van der Waals surface area contributed by atoms with E-state index in [0.717, 1.165) is 11.1 Å². The Morgan fingerprint density at radius 2 is 2.06 bits per heavy atom. The number of amides is 1. The fraction of sp³-hybridized carbons (Fsp3) is 0.200. The molecule has 0 aliphatic rings. The lowest BCUT2D eigenvalue weighted by atomic mass is 10.2. The molecule has 0 saturated carbocycles. The Bertz CT molecular complexity index is 1310. The molecule has 32 heavy (non-hydrogen) atoms. The summed E-state index contributed by atoms with van der Waals surface area (Å²) in [6, 6.07) is 7.93. The molecule has 0 aliphatic carbocycles. The van der Waals surface area contributed by atoms with Gasteiger partial charge in [-0.15, -0.1) is 0 Å². The molecule has 0 aliphatic heterocycles. The van der Waals surface area contributed by atoms with E-state index >= 15 is 0 Å². The molecule has 2 aromatic carbocycles. The number of fused-ring (bicyclic) bond motifs is 1. The van der Waals surface area contributed by atoms with Crippen molar-refractivity contribution >= 4 is 60.6 Å². The number of halogens is 2. The summed E-state index contributed by atoms with van der Waals surface area (Å²) in [5.74, 6) is -0.550. The third-order valence-electron chi connectivity index (χ3n) is 4.28. The Labute approximate surface area is 198 Å². The molecular weight excluding hydrogens is 550 g/mol. The lowest BCUT2D eigenvalue weighted by molar-refractivity contribution is -0.385. The predicted octanol–water partition coefficient (Wildman–Crippen LogP) is 3.53. The topological polar surface area (TPSA) is 143 Å². The Kier molecular flexibility index (Phi) is 7.36. The second-order valence-electron chi connectivity index (χ2n) is 6.66. The molecule has 0 fully saturated rings. The molecule has 0 spiro atoms. The third-order valence-corrected chi connectivity index (χ3v) is 5.23. The second kappa shape index (κ2) is 10.0. The van der Waals surface area contributed by atoms with Crippen LogP contribution in [0.4, 0.5) is 5.69 Å². The SMILES string of the molecule is CCCc1nc2ccc(Br)cc2c(=O)n1N=Cc1cc(Br)cc([N+](=O)[O-])c1OCC(N)=O. The van der Waals surface area contributed by atoms with Crippen LogP contribution in [-0.4, -0.2) is 33.3 Å². The number of rotatable bonds is 8. The maximum Gasteiger partial charge on any atom is 0.312 e. The molecule has 1 aromatic heterocycles. The number of aromatic nitrogens is 2. The number of benzene rings is 2. The van der Waals surface area contributed by atoms with Crippen molar-refractivity contribution in [2.75, 3.05) is 6.61 Å². The van der Waals surface area contributed by atoms with Crippen molar-refractivity contribution in [2.45, 2.75) is 19.8 Å². The third kappa shape index (κ3) is 5.19. The van der Waals surface area contributed by atoms with Gasteiger partial charge in [-0.05, 0) is 30.7 Å². The van der Waals surface area contributed by atoms with Gasteiger partial charge >= 0.3 is 5.69 Å². The largest absolute Gasteiger partial charge is 0.476 e. The van der Waals surface area contributed by atoms with Crippen LogP contribution in [0.25, 0.3) is 10.9 Å². The van der Waals surface area contributed by atoms with E-state index in [9.17, 15) is 19.7 Å². The van der Waals surface area contributed by atoms with Crippen LogP contribution in [0.1, 0.15) is 24.7 Å². The van der Waals surface area contributed by atoms with E-state index in [2.05, 4.69) is 41.9 Å². The number of primary amides is 1. The zero-order valence-corrected chi connectivity index (χ0v) is 19.9. The van der Waals surface area contributed by atoms with Gasteiger partial charge in [-0.25, -0.2) is 4.98 Å². The summed E-state index contributed by atoms with van der Waals surface area (Å²) in [6.07, 6.45) is 2.46. The number of nitrogens with zero attached hydrogens (tertiary/aromatic N) is 4. The normalized spacial score (nSPS) is 11.2. The molecule has 0 atom stereocenters. The summed E-state index contributed by atoms with van der Waals surface area (Å²) in [5, 5.41) is 16.1. The van der Waals surface area contributed by atoms with Crippen LogP contribution < -0.4 is 16.0 Å². The van der Waals surface area contributed by atoms with E-state index in [1.807, 2.05) is 6.92 Å². The van der Waals surface area contributed by atoms with Crippen LogP contribution in [0, 0.1) is 10.1 Å². The molecular formula is C20H17Br2N5O5. The summed E-state index contributed by atoms with van der Waals surface area (Å²) in [6.45, 7) is 1.38. The lowest BCUT2D eigenvalue weighted by Gasteiger charge is -2.10.